The number of nitrogens with zero attached hydrogens (tertiary/aromatic N) is 2. The minimum atomic E-state index is -0.405. The van der Waals surface area contributed by atoms with Crippen LogP contribution in [0.1, 0.15) is 19.4 Å². The number of hydrogen-bond acceptors (Lipinski definition) is 4. The first kappa shape index (κ1) is 11.5. The van der Waals surface area contributed by atoms with Gasteiger partial charge >= 0.3 is 0 Å². The van der Waals surface area contributed by atoms with Crippen LogP contribution in [0.2, 0.25) is 0 Å². The van der Waals surface area contributed by atoms with Crippen molar-refractivity contribution in [3.8, 4) is 6.07 Å². The average Bonchev–Trinajstić information content (AvgIpc) is 2.26. The van der Waals surface area contributed by atoms with Gasteiger partial charge in [0.2, 0.25) is 0 Å². The Balaban J connectivity index is 2.55. The Morgan fingerprint density at radius 1 is 1.60 bits per heavy atom. The summed E-state index contributed by atoms with van der Waals surface area (Å²) >= 11 is 0. The fourth-order valence-corrected chi connectivity index (χ4v) is 1.04. The van der Waals surface area contributed by atoms with Crippen LogP contribution in [0.15, 0.2) is 18.3 Å². The van der Waals surface area contributed by atoms with Crippen LogP contribution in [0, 0.1) is 17.2 Å². The third-order valence-corrected chi connectivity index (χ3v) is 2.15. The van der Waals surface area contributed by atoms with Gasteiger partial charge in [-0.05, 0) is 18.1 Å². The van der Waals surface area contributed by atoms with Crippen LogP contribution in [-0.4, -0.2) is 22.7 Å². The van der Waals surface area contributed by atoms with Crippen molar-refractivity contribution in [2.45, 2.75) is 20.0 Å². The molecule has 1 rings (SSSR count). The first-order valence-corrected chi connectivity index (χ1v) is 4.91. The Bertz CT molecular complexity index is 357. The van der Waals surface area contributed by atoms with Crippen LogP contribution in [-0.2, 0) is 0 Å². The Hall–Kier alpha value is -1.60. The largest absolute Gasteiger partial charge is 0.391 e. The number of nitriles is 1. The highest BCUT2D eigenvalue weighted by Gasteiger charge is 2.08. The zero-order valence-corrected chi connectivity index (χ0v) is 8.94. The van der Waals surface area contributed by atoms with Gasteiger partial charge in [0.25, 0.3) is 0 Å². The van der Waals surface area contributed by atoms with Gasteiger partial charge in [0.15, 0.2) is 0 Å². The summed E-state index contributed by atoms with van der Waals surface area (Å²) in [5.41, 5.74) is 0.562. The number of aliphatic hydroxyl groups excluding tert-OH is 1. The number of rotatable bonds is 4. The molecule has 0 fully saturated rings. The van der Waals surface area contributed by atoms with E-state index in [2.05, 4.69) is 10.3 Å². The number of aromatic nitrogens is 1. The summed E-state index contributed by atoms with van der Waals surface area (Å²) in [5, 5.41) is 21.2. The molecule has 15 heavy (non-hydrogen) atoms. The molecule has 1 aromatic heterocycles. The third kappa shape index (κ3) is 3.56. The molecule has 4 heteroatoms. The predicted molar refractivity (Wildman–Crippen MR) is 58.3 cm³/mol. The van der Waals surface area contributed by atoms with Crippen molar-refractivity contribution < 1.29 is 5.11 Å². The molecule has 4 nitrogen and oxygen atoms in total. The fourth-order valence-electron chi connectivity index (χ4n) is 1.04. The molecular weight excluding hydrogens is 190 g/mol. The number of anilines is 1. The van der Waals surface area contributed by atoms with E-state index >= 15 is 0 Å². The molecule has 0 saturated heterocycles. The van der Waals surface area contributed by atoms with Gasteiger partial charge in [0, 0.05) is 12.7 Å². The van der Waals surface area contributed by atoms with Crippen LogP contribution in [0.5, 0.6) is 0 Å². The molecule has 1 unspecified atom stereocenters. The zero-order valence-electron chi connectivity index (χ0n) is 8.94. The molecule has 0 spiro atoms. The van der Waals surface area contributed by atoms with Gasteiger partial charge < -0.3 is 10.4 Å². The Morgan fingerprint density at radius 2 is 2.33 bits per heavy atom. The Morgan fingerprint density at radius 3 is 2.93 bits per heavy atom. The summed E-state index contributed by atoms with van der Waals surface area (Å²) in [6.07, 6.45) is 1.17. The fraction of sp³-hybridized carbons (Fsp3) is 0.455. The molecule has 0 aliphatic carbocycles. The zero-order chi connectivity index (χ0) is 11.3. The normalized spacial score (nSPS) is 12.2. The SMILES string of the molecule is CC(C)C(O)CNc1cc(C#N)ccn1. The maximum atomic E-state index is 9.56. The van der Waals surface area contributed by atoms with Crippen LogP contribution < -0.4 is 5.32 Å². The second kappa shape index (κ2) is 5.32. The number of aliphatic hydroxyl groups is 1. The minimum Gasteiger partial charge on any atom is -0.391 e. The van der Waals surface area contributed by atoms with Crippen LogP contribution >= 0.6 is 0 Å². The summed E-state index contributed by atoms with van der Waals surface area (Å²) < 4.78 is 0. The van der Waals surface area contributed by atoms with Crippen LogP contribution in [0.3, 0.4) is 0 Å². The summed E-state index contributed by atoms with van der Waals surface area (Å²) in [4.78, 5) is 4.05. The predicted octanol–water partition coefficient (Wildman–Crippen LogP) is 1.38. The van der Waals surface area contributed by atoms with Crippen molar-refractivity contribution in [1.29, 1.82) is 5.26 Å². The highest BCUT2D eigenvalue weighted by molar-refractivity contribution is 5.42. The topological polar surface area (TPSA) is 68.9 Å². The van der Waals surface area contributed by atoms with Gasteiger partial charge in [-0.25, -0.2) is 4.98 Å². The maximum absolute atomic E-state index is 9.56. The molecule has 0 amide bonds. The van der Waals surface area contributed by atoms with E-state index in [9.17, 15) is 5.11 Å². The number of nitrogens with one attached hydrogen (secondary N) is 1. The molecule has 1 atom stereocenters. The van der Waals surface area contributed by atoms with Crippen LogP contribution in [0.4, 0.5) is 5.82 Å². The Kier molecular flexibility index (Phi) is 4.07. The summed E-state index contributed by atoms with van der Waals surface area (Å²) in [6.45, 7) is 4.34. The van der Waals surface area contributed by atoms with Gasteiger partial charge in [-0.2, -0.15) is 5.26 Å². The lowest BCUT2D eigenvalue weighted by Crippen LogP contribution is -2.25. The Labute approximate surface area is 89.6 Å². The van der Waals surface area contributed by atoms with Crippen molar-refractivity contribution in [2.75, 3.05) is 11.9 Å². The molecule has 0 saturated carbocycles. The quantitative estimate of drug-likeness (QED) is 0.779. The van der Waals surface area contributed by atoms with E-state index in [0.29, 0.717) is 17.9 Å². The standard InChI is InChI=1S/C11H15N3O/c1-8(2)10(15)7-14-11-5-9(6-12)3-4-13-11/h3-5,8,10,15H,7H2,1-2H3,(H,13,14). The van der Waals surface area contributed by atoms with Crippen molar-refractivity contribution in [3.63, 3.8) is 0 Å². The smallest absolute Gasteiger partial charge is 0.127 e. The van der Waals surface area contributed by atoms with E-state index in [-0.39, 0.29) is 5.92 Å². The first-order chi connectivity index (χ1) is 7.13. The number of hydrogen-bond donors (Lipinski definition) is 2. The van der Waals surface area contributed by atoms with Crippen molar-refractivity contribution in [1.82, 2.24) is 4.98 Å². The van der Waals surface area contributed by atoms with Gasteiger partial charge in [0.1, 0.15) is 5.82 Å². The molecule has 0 aliphatic rings. The van der Waals surface area contributed by atoms with E-state index in [1.807, 2.05) is 19.9 Å². The molecule has 0 bridgehead atoms. The lowest BCUT2D eigenvalue weighted by molar-refractivity contribution is 0.138. The van der Waals surface area contributed by atoms with E-state index in [1.54, 1.807) is 18.3 Å². The molecule has 0 aromatic carbocycles. The van der Waals surface area contributed by atoms with Crippen molar-refractivity contribution in [2.24, 2.45) is 5.92 Å². The molecule has 1 aromatic rings. The highest BCUT2D eigenvalue weighted by atomic mass is 16.3. The second-order valence-electron chi connectivity index (χ2n) is 3.73. The average molecular weight is 205 g/mol. The van der Waals surface area contributed by atoms with Gasteiger partial charge in [-0.1, -0.05) is 13.8 Å². The lowest BCUT2D eigenvalue weighted by atomic mass is 10.1. The van der Waals surface area contributed by atoms with E-state index in [0.717, 1.165) is 0 Å². The number of pyridine rings is 1. The maximum Gasteiger partial charge on any atom is 0.127 e. The summed E-state index contributed by atoms with van der Waals surface area (Å²) in [6, 6.07) is 5.34. The monoisotopic (exact) mass is 205 g/mol. The summed E-state index contributed by atoms with van der Waals surface area (Å²) in [7, 11) is 0. The second-order valence-corrected chi connectivity index (χ2v) is 3.73. The molecule has 0 aliphatic heterocycles. The molecule has 80 valence electrons. The van der Waals surface area contributed by atoms with E-state index < -0.39 is 6.10 Å². The summed E-state index contributed by atoms with van der Waals surface area (Å²) in [5.74, 6) is 0.824. The van der Waals surface area contributed by atoms with Crippen molar-refractivity contribution >= 4 is 5.82 Å². The third-order valence-electron chi connectivity index (χ3n) is 2.15. The minimum absolute atomic E-state index is 0.205. The van der Waals surface area contributed by atoms with E-state index in [1.165, 1.54) is 0 Å². The first-order valence-electron chi connectivity index (χ1n) is 4.91. The molecule has 2 N–H and O–H groups in total. The van der Waals surface area contributed by atoms with Gasteiger partial charge in [0.05, 0.1) is 17.7 Å². The van der Waals surface area contributed by atoms with E-state index in [4.69, 9.17) is 5.26 Å². The van der Waals surface area contributed by atoms with Gasteiger partial charge in [-0.3, -0.25) is 0 Å². The van der Waals surface area contributed by atoms with Crippen LogP contribution in [0.25, 0.3) is 0 Å². The molecular formula is C11H15N3O. The van der Waals surface area contributed by atoms with Gasteiger partial charge in [-0.15, -0.1) is 0 Å². The molecule has 1 heterocycles. The van der Waals surface area contributed by atoms with Crippen molar-refractivity contribution in [3.05, 3.63) is 23.9 Å². The highest BCUT2D eigenvalue weighted by Crippen LogP contribution is 2.07. The molecule has 0 radical (unpaired) electrons. The lowest BCUT2D eigenvalue weighted by Gasteiger charge is -2.15.